The Morgan fingerprint density at radius 1 is 1.73 bits per heavy atom. The third-order valence-electron chi connectivity index (χ3n) is 1.86. The highest BCUT2D eigenvalue weighted by Crippen LogP contribution is 2.08. The van der Waals surface area contributed by atoms with E-state index < -0.39 is 0 Å². The molecule has 1 rings (SSSR count). The zero-order chi connectivity index (χ0) is 8.27. The van der Waals surface area contributed by atoms with Crippen LogP contribution >= 0.6 is 12.2 Å². The second-order valence-electron chi connectivity index (χ2n) is 3.00. The monoisotopic (exact) mass is 174 g/mol. The summed E-state index contributed by atoms with van der Waals surface area (Å²) in [7, 11) is 0. The van der Waals surface area contributed by atoms with Gasteiger partial charge in [-0.25, -0.2) is 0 Å². The Kier molecular flexibility index (Phi) is 3.23. The first-order valence-electron chi connectivity index (χ1n) is 3.87. The summed E-state index contributed by atoms with van der Waals surface area (Å²) in [5, 5.41) is 9.27. The van der Waals surface area contributed by atoms with Gasteiger partial charge in [-0.1, -0.05) is 12.2 Å². The highest BCUT2D eigenvalue weighted by molar-refractivity contribution is 7.80. The van der Waals surface area contributed by atoms with Gasteiger partial charge in [0.25, 0.3) is 0 Å². The molecule has 0 aromatic rings. The van der Waals surface area contributed by atoms with Gasteiger partial charge in [-0.2, -0.15) is 0 Å². The van der Waals surface area contributed by atoms with Crippen LogP contribution in [0, 0.1) is 0 Å². The molecule has 1 saturated heterocycles. The molecule has 3 nitrogen and oxygen atoms in total. The van der Waals surface area contributed by atoms with E-state index in [0.29, 0.717) is 11.5 Å². The largest absolute Gasteiger partial charge is 0.392 e. The predicted octanol–water partition coefficient (Wildman–Crippen LogP) is -0.271. The van der Waals surface area contributed by atoms with Crippen LogP contribution in [0.2, 0.25) is 0 Å². The number of aliphatic hydroxyl groups excluding tert-OH is 1. The van der Waals surface area contributed by atoms with Gasteiger partial charge in [0.1, 0.15) is 0 Å². The molecule has 0 saturated carbocycles. The molecule has 1 atom stereocenters. The molecule has 0 aliphatic carbocycles. The Bertz CT molecular complexity index is 151. The van der Waals surface area contributed by atoms with Crippen LogP contribution in [0.1, 0.15) is 12.8 Å². The van der Waals surface area contributed by atoms with Crippen LogP contribution in [0.3, 0.4) is 0 Å². The number of rotatable bonds is 2. The minimum atomic E-state index is -0.182. The van der Waals surface area contributed by atoms with Crippen LogP contribution in [0.15, 0.2) is 0 Å². The molecule has 1 fully saturated rings. The average Bonchev–Trinajstić information content (AvgIpc) is 1.85. The van der Waals surface area contributed by atoms with Crippen molar-refractivity contribution in [2.45, 2.75) is 18.9 Å². The van der Waals surface area contributed by atoms with Gasteiger partial charge in [0.2, 0.25) is 0 Å². The maximum Gasteiger partial charge on any atom is 0.0870 e. The highest BCUT2D eigenvalue weighted by atomic mass is 32.1. The molecular formula is C7H14N2OS. The van der Waals surface area contributed by atoms with Crippen molar-refractivity contribution >= 4 is 17.2 Å². The number of thiocarbonyl (C=S) groups is 1. The van der Waals surface area contributed by atoms with E-state index in [-0.39, 0.29) is 6.10 Å². The van der Waals surface area contributed by atoms with E-state index >= 15 is 0 Å². The number of hydrogen-bond donors (Lipinski definition) is 2. The van der Waals surface area contributed by atoms with Crippen molar-refractivity contribution in [2.75, 3.05) is 19.6 Å². The summed E-state index contributed by atoms with van der Waals surface area (Å²) in [6.45, 7) is 2.37. The maximum atomic E-state index is 9.27. The second kappa shape index (κ2) is 3.99. The minimum absolute atomic E-state index is 0.182. The lowest BCUT2D eigenvalue weighted by atomic mass is 10.1. The highest BCUT2D eigenvalue weighted by Gasteiger charge is 2.17. The van der Waals surface area contributed by atoms with E-state index in [9.17, 15) is 5.11 Å². The Labute approximate surface area is 72.2 Å². The molecular weight excluding hydrogens is 160 g/mol. The second-order valence-corrected chi connectivity index (χ2v) is 3.52. The molecule has 0 aromatic carbocycles. The van der Waals surface area contributed by atoms with E-state index in [1.807, 2.05) is 0 Å². The molecule has 0 aromatic heterocycles. The van der Waals surface area contributed by atoms with Crippen molar-refractivity contribution in [2.24, 2.45) is 5.73 Å². The summed E-state index contributed by atoms with van der Waals surface area (Å²) in [6.07, 6.45) is 1.77. The fourth-order valence-corrected chi connectivity index (χ4v) is 1.58. The molecule has 1 aliphatic heterocycles. The number of β-amino-alcohol motifs (C(OH)–C–C–N with tert-alkyl or cyclic N) is 1. The number of hydrogen-bond acceptors (Lipinski definition) is 3. The summed E-state index contributed by atoms with van der Waals surface area (Å²) in [5.41, 5.74) is 5.38. The number of piperidine rings is 1. The Hall–Kier alpha value is -0.190. The molecule has 0 radical (unpaired) electrons. The van der Waals surface area contributed by atoms with E-state index in [2.05, 4.69) is 4.90 Å². The molecule has 1 unspecified atom stereocenters. The fourth-order valence-electron chi connectivity index (χ4n) is 1.40. The maximum absolute atomic E-state index is 9.27. The van der Waals surface area contributed by atoms with Gasteiger partial charge in [-0.05, 0) is 19.4 Å². The van der Waals surface area contributed by atoms with E-state index in [0.717, 1.165) is 25.9 Å². The Morgan fingerprint density at radius 2 is 2.45 bits per heavy atom. The first kappa shape index (κ1) is 8.90. The van der Waals surface area contributed by atoms with E-state index in [1.165, 1.54) is 0 Å². The van der Waals surface area contributed by atoms with E-state index in [4.69, 9.17) is 18.0 Å². The van der Waals surface area contributed by atoms with Gasteiger partial charge in [0.15, 0.2) is 0 Å². The summed E-state index contributed by atoms with van der Waals surface area (Å²) < 4.78 is 0. The Balaban J connectivity index is 2.28. The predicted molar refractivity (Wildman–Crippen MR) is 48.5 cm³/mol. The molecule has 3 N–H and O–H groups in total. The summed E-state index contributed by atoms with van der Waals surface area (Å²) in [4.78, 5) is 2.61. The standard InChI is InChI=1S/C7H14N2OS/c8-7(11)5-9-3-1-2-6(10)4-9/h6,10H,1-5H2,(H2,8,11). The van der Waals surface area contributed by atoms with Crippen LogP contribution in [0.4, 0.5) is 0 Å². The van der Waals surface area contributed by atoms with Crippen LogP contribution < -0.4 is 5.73 Å². The van der Waals surface area contributed by atoms with Gasteiger partial charge < -0.3 is 10.8 Å². The average molecular weight is 174 g/mol. The summed E-state index contributed by atoms with van der Waals surface area (Å²) in [6, 6.07) is 0. The lowest BCUT2D eigenvalue weighted by molar-refractivity contribution is 0.0792. The minimum Gasteiger partial charge on any atom is -0.392 e. The number of nitrogens with zero attached hydrogens (tertiary/aromatic N) is 1. The van der Waals surface area contributed by atoms with Crippen molar-refractivity contribution in [3.05, 3.63) is 0 Å². The van der Waals surface area contributed by atoms with Crippen LogP contribution in [0.25, 0.3) is 0 Å². The molecule has 1 heterocycles. The quantitative estimate of drug-likeness (QED) is 0.566. The molecule has 0 amide bonds. The smallest absolute Gasteiger partial charge is 0.0870 e. The van der Waals surface area contributed by atoms with Gasteiger partial charge in [-0.3, -0.25) is 4.90 Å². The molecule has 64 valence electrons. The van der Waals surface area contributed by atoms with Crippen LogP contribution in [-0.4, -0.2) is 40.7 Å². The number of likely N-dealkylation sites (tertiary alicyclic amines) is 1. The van der Waals surface area contributed by atoms with Crippen LogP contribution in [0.5, 0.6) is 0 Å². The zero-order valence-electron chi connectivity index (χ0n) is 6.49. The Morgan fingerprint density at radius 3 is 3.00 bits per heavy atom. The molecule has 0 spiro atoms. The summed E-state index contributed by atoms with van der Waals surface area (Å²) in [5.74, 6) is 0. The number of nitrogens with two attached hydrogens (primary N) is 1. The van der Waals surface area contributed by atoms with Gasteiger partial charge in [0, 0.05) is 13.1 Å². The van der Waals surface area contributed by atoms with Gasteiger partial charge >= 0.3 is 0 Å². The summed E-state index contributed by atoms with van der Waals surface area (Å²) >= 11 is 4.77. The van der Waals surface area contributed by atoms with Crippen molar-refractivity contribution in [1.82, 2.24) is 4.90 Å². The third kappa shape index (κ3) is 3.14. The topological polar surface area (TPSA) is 49.5 Å². The lowest BCUT2D eigenvalue weighted by Gasteiger charge is -2.29. The first-order valence-corrected chi connectivity index (χ1v) is 4.28. The van der Waals surface area contributed by atoms with Crippen molar-refractivity contribution in [1.29, 1.82) is 0 Å². The number of aliphatic hydroxyl groups is 1. The molecule has 0 bridgehead atoms. The molecule has 11 heavy (non-hydrogen) atoms. The van der Waals surface area contributed by atoms with Crippen molar-refractivity contribution < 1.29 is 5.11 Å². The fraction of sp³-hybridized carbons (Fsp3) is 0.857. The molecule has 4 heteroatoms. The SMILES string of the molecule is NC(=S)CN1CCCC(O)C1. The normalized spacial score (nSPS) is 26.8. The van der Waals surface area contributed by atoms with Gasteiger partial charge in [-0.15, -0.1) is 0 Å². The van der Waals surface area contributed by atoms with Crippen molar-refractivity contribution in [3.63, 3.8) is 0 Å². The first-order chi connectivity index (χ1) is 5.18. The van der Waals surface area contributed by atoms with Crippen molar-refractivity contribution in [3.8, 4) is 0 Å². The van der Waals surface area contributed by atoms with Gasteiger partial charge in [0.05, 0.1) is 11.1 Å². The lowest BCUT2D eigenvalue weighted by Crippen LogP contribution is -2.42. The third-order valence-corrected chi connectivity index (χ3v) is 1.99. The zero-order valence-corrected chi connectivity index (χ0v) is 7.31. The van der Waals surface area contributed by atoms with E-state index in [1.54, 1.807) is 0 Å². The molecule has 1 aliphatic rings. The van der Waals surface area contributed by atoms with Crippen LogP contribution in [-0.2, 0) is 0 Å².